The minimum Gasteiger partial charge on any atom is -0.467 e. The predicted octanol–water partition coefficient (Wildman–Crippen LogP) is 1.36. The van der Waals surface area contributed by atoms with Crippen molar-refractivity contribution in [2.75, 3.05) is 0 Å². The molecule has 2 rings (SSSR count). The average Bonchev–Trinajstić information content (AvgIpc) is 3.01. The fourth-order valence-electron chi connectivity index (χ4n) is 1.95. The van der Waals surface area contributed by atoms with E-state index in [-0.39, 0.29) is 5.76 Å². The summed E-state index contributed by atoms with van der Waals surface area (Å²) < 4.78 is 45.2. The van der Waals surface area contributed by atoms with E-state index in [2.05, 4.69) is 0 Å². The lowest BCUT2D eigenvalue weighted by Gasteiger charge is -2.30. The summed E-state index contributed by atoms with van der Waals surface area (Å²) in [7, 11) is 0. The van der Waals surface area contributed by atoms with Crippen LogP contribution in [0.3, 0.4) is 0 Å². The summed E-state index contributed by atoms with van der Waals surface area (Å²) in [5.74, 6) is -3.31. The number of urea groups is 1. The number of halogens is 3. The molecule has 2 N–H and O–H groups in total. The number of nitrogens with one attached hydrogen (secondary N) is 2. The van der Waals surface area contributed by atoms with Crippen molar-refractivity contribution in [3.8, 4) is 0 Å². The minimum absolute atomic E-state index is 0.127. The standard InChI is InChI=1S/C13H14F3N3O4/c1-7(2)9(20)17-12(13(14,15)16)10(21)19(11(22)18-12)6-8-4-3-5-23-8/h3-5,7H,6H2,1-2H3,(H,17,20)(H,18,22). The zero-order valence-electron chi connectivity index (χ0n) is 12.2. The van der Waals surface area contributed by atoms with E-state index in [1.54, 1.807) is 10.6 Å². The number of imide groups is 1. The van der Waals surface area contributed by atoms with Crippen LogP contribution in [0.5, 0.6) is 0 Å². The smallest absolute Gasteiger partial charge is 0.440 e. The number of furan rings is 1. The Morgan fingerprint density at radius 3 is 2.57 bits per heavy atom. The van der Waals surface area contributed by atoms with E-state index >= 15 is 0 Å². The maximum Gasteiger partial charge on any atom is 0.440 e. The molecule has 7 nitrogen and oxygen atoms in total. The number of amides is 4. The van der Waals surface area contributed by atoms with Crippen molar-refractivity contribution >= 4 is 17.8 Å². The number of nitrogens with zero attached hydrogens (tertiary/aromatic N) is 1. The van der Waals surface area contributed by atoms with Gasteiger partial charge in [-0.05, 0) is 12.1 Å². The van der Waals surface area contributed by atoms with Crippen LogP contribution in [0.1, 0.15) is 19.6 Å². The topological polar surface area (TPSA) is 91.7 Å². The molecule has 0 radical (unpaired) electrons. The maximum atomic E-state index is 13.4. The third-order valence-corrected chi connectivity index (χ3v) is 3.26. The molecule has 0 aromatic carbocycles. The molecule has 0 bridgehead atoms. The van der Waals surface area contributed by atoms with E-state index in [1.807, 2.05) is 0 Å². The van der Waals surface area contributed by atoms with Crippen LogP contribution in [0.15, 0.2) is 22.8 Å². The summed E-state index contributed by atoms with van der Waals surface area (Å²) in [4.78, 5) is 36.1. The van der Waals surface area contributed by atoms with Crippen LogP contribution in [-0.4, -0.2) is 34.6 Å². The molecule has 0 aliphatic carbocycles. The van der Waals surface area contributed by atoms with Gasteiger partial charge in [0.15, 0.2) is 0 Å². The van der Waals surface area contributed by atoms with E-state index in [0.29, 0.717) is 4.90 Å². The zero-order chi connectivity index (χ0) is 17.4. The monoisotopic (exact) mass is 333 g/mol. The van der Waals surface area contributed by atoms with Gasteiger partial charge in [-0.2, -0.15) is 13.2 Å². The van der Waals surface area contributed by atoms with Gasteiger partial charge >= 0.3 is 12.2 Å². The van der Waals surface area contributed by atoms with Crippen LogP contribution in [0.25, 0.3) is 0 Å². The molecular weight excluding hydrogens is 319 g/mol. The molecule has 126 valence electrons. The fraction of sp³-hybridized carbons (Fsp3) is 0.462. The number of hydrogen-bond acceptors (Lipinski definition) is 4. The van der Waals surface area contributed by atoms with Crippen molar-refractivity contribution in [1.29, 1.82) is 0 Å². The molecule has 1 aliphatic heterocycles. The first-order chi connectivity index (χ1) is 10.6. The Labute approximate surface area is 128 Å². The molecule has 0 saturated carbocycles. The third kappa shape index (κ3) is 2.88. The van der Waals surface area contributed by atoms with Crippen LogP contribution in [0.2, 0.25) is 0 Å². The van der Waals surface area contributed by atoms with Crippen molar-refractivity contribution < 1.29 is 32.0 Å². The van der Waals surface area contributed by atoms with Crippen LogP contribution >= 0.6 is 0 Å². The maximum absolute atomic E-state index is 13.4. The first kappa shape index (κ1) is 16.8. The fourth-order valence-corrected chi connectivity index (χ4v) is 1.95. The molecule has 1 fully saturated rings. The molecule has 10 heteroatoms. The molecule has 1 atom stereocenters. The third-order valence-electron chi connectivity index (χ3n) is 3.26. The average molecular weight is 333 g/mol. The van der Waals surface area contributed by atoms with Crippen molar-refractivity contribution in [1.82, 2.24) is 15.5 Å². The van der Waals surface area contributed by atoms with Crippen LogP contribution in [-0.2, 0) is 16.1 Å². The lowest BCUT2D eigenvalue weighted by atomic mass is 10.1. The highest BCUT2D eigenvalue weighted by atomic mass is 19.4. The predicted molar refractivity (Wildman–Crippen MR) is 69.6 cm³/mol. The second-order valence-electron chi connectivity index (χ2n) is 5.29. The Morgan fingerprint density at radius 2 is 2.09 bits per heavy atom. The molecule has 23 heavy (non-hydrogen) atoms. The molecule has 1 saturated heterocycles. The summed E-state index contributed by atoms with van der Waals surface area (Å²) >= 11 is 0. The SMILES string of the molecule is CC(C)C(=O)NC1(C(F)(F)F)NC(=O)N(Cc2ccco2)C1=O. The van der Waals surface area contributed by atoms with Gasteiger partial charge in [-0.15, -0.1) is 0 Å². The number of hydrogen-bond donors (Lipinski definition) is 2. The summed E-state index contributed by atoms with van der Waals surface area (Å²) in [5, 5.41) is 3.15. The van der Waals surface area contributed by atoms with Crippen LogP contribution in [0.4, 0.5) is 18.0 Å². The Morgan fingerprint density at radius 1 is 1.43 bits per heavy atom. The van der Waals surface area contributed by atoms with Gasteiger partial charge in [0.25, 0.3) is 11.6 Å². The van der Waals surface area contributed by atoms with E-state index in [1.165, 1.54) is 32.2 Å². The molecular formula is C13H14F3N3O4. The highest BCUT2D eigenvalue weighted by Gasteiger charge is 2.68. The van der Waals surface area contributed by atoms with Gasteiger partial charge in [0, 0.05) is 5.92 Å². The minimum atomic E-state index is -5.21. The first-order valence-electron chi connectivity index (χ1n) is 6.63. The molecule has 1 aliphatic rings. The van der Waals surface area contributed by atoms with Gasteiger partial charge < -0.3 is 9.73 Å². The number of carbonyl (C=O) groups excluding carboxylic acids is 3. The van der Waals surface area contributed by atoms with Crippen molar-refractivity contribution in [3.63, 3.8) is 0 Å². The van der Waals surface area contributed by atoms with Gasteiger partial charge in [-0.25, -0.2) is 4.79 Å². The normalized spacial score (nSPS) is 21.7. The van der Waals surface area contributed by atoms with E-state index in [9.17, 15) is 27.6 Å². The van der Waals surface area contributed by atoms with Gasteiger partial charge in [0.2, 0.25) is 5.91 Å². The molecule has 1 aromatic heterocycles. The Hall–Kier alpha value is -2.52. The van der Waals surface area contributed by atoms with Crippen molar-refractivity contribution in [2.24, 2.45) is 5.92 Å². The Balaban J connectivity index is 2.34. The summed E-state index contributed by atoms with van der Waals surface area (Å²) in [6.45, 7) is 2.25. The van der Waals surface area contributed by atoms with Gasteiger partial charge in [-0.1, -0.05) is 13.8 Å². The summed E-state index contributed by atoms with van der Waals surface area (Å²) in [6, 6.07) is 1.60. The molecule has 2 heterocycles. The van der Waals surface area contributed by atoms with Crippen LogP contribution < -0.4 is 10.6 Å². The molecule has 1 unspecified atom stereocenters. The number of alkyl halides is 3. The lowest BCUT2D eigenvalue weighted by Crippen LogP contribution is -2.70. The number of rotatable bonds is 4. The Kier molecular flexibility index (Phi) is 4.10. The number of carbonyl (C=O) groups is 3. The summed E-state index contributed by atoms with van der Waals surface area (Å²) in [6.07, 6.45) is -3.95. The highest BCUT2D eigenvalue weighted by molar-refractivity contribution is 6.08. The van der Waals surface area contributed by atoms with E-state index < -0.39 is 42.1 Å². The molecule has 0 spiro atoms. The van der Waals surface area contributed by atoms with Crippen LogP contribution in [0, 0.1) is 5.92 Å². The second-order valence-corrected chi connectivity index (χ2v) is 5.29. The van der Waals surface area contributed by atoms with Gasteiger partial charge in [0.1, 0.15) is 5.76 Å². The van der Waals surface area contributed by atoms with Crippen molar-refractivity contribution in [3.05, 3.63) is 24.2 Å². The quantitative estimate of drug-likeness (QED) is 0.814. The van der Waals surface area contributed by atoms with Gasteiger partial charge in [-0.3, -0.25) is 19.8 Å². The largest absolute Gasteiger partial charge is 0.467 e. The van der Waals surface area contributed by atoms with E-state index in [0.717, 1.165) is 0 Å². The lowest BCUT2D eigenvalue weighted by molar-refractivity contribution is -0.204. The Bertz CT molecular complexity index is 627. The second kappa shape index (κ2) is 5.60. The van der Waals surface area contributed by atoms with E-state index in [4.69, 9.17) is 4.42 Å². The molecule has 1 aromatic rings. The summed E-state index contributed by atoms with van der Waals surface area (Å²) in [5.41, 5.74) is -3.47. The first-order valence-corrected chi connectivity index (χ1v) is 6.63. The van der Waals surface area contributed by atoms with Gasteiger partial charge in [0.05, 0.1) is 12.8 Å². The molecule has 4 amide bonds. The zero-order valence-corrected chi connectivity index (χ0v) is 12.2. The highest BCUT2D eigenvalue weighted by Crippen LogP contribution is 2.34. The van der Waals surface area contributed by atoms with Crippen molar-refractivity contribution in [2.45, 2.75) is 32.2 Å².